The van der Waals surface area contributed by atoms with Crippen LogP contribution in [0.2, 0.25) is 0 Å². The Morgan fingerprint density at radius 3 is 2.38 bits per heavy atom. The molecule has 0 amide bonds. The van der Waals surface area contributed by atoms with E-state index in [1.165, 1.54) is 31.2 Å². The van der Waals surface area contributed by atoms with Crippen molar-refractivity contribution in [3.05, 3.63) is 29.8 Å². The van der Waals surface area contributed by atoms with Crippen LogP contribution in [-0.4, -0.2) is 30.3 Å². The van der Waals surface area contributed by atoms with Gasteiger partial charge in [-0.25, -0.2) is 4.79 Å². The first-order chi connectivity index (χ1) is 7.63. The summed E-state index contributed by atoms with van der Waals surface area (Å²) in [6.07, 6.45) is 0. The number of rotatable bonds is 4. The maximum absolute atomic E-state index is 11.3. The van der Waals surface area contributed by atoms with Crippen LogP contribution in [0, 0.1) is 0 Å². The highest BCUT2D eigenvalue weighted by molar-refractivity contribution is 5.89. The summed E-state index contributed by atoms with van der Waals surface area (Å²) in [5.41, 5.74) is 0.337. The molecule has 0 atom stereocenters. The zero-order valence-electron chi connectivity index (χ0n) is 8.80. The van der Waals surface area contributed by atoms with E-state index in [0.29, 0.717) is 11.3 Å². The second-order valence-electron chi connectivity index (χ2n) is 2.98. The Morgan fingerprint density at radius 2 is 1.88 bits per heavy atom. The van der Waals surface area contributed by atoms with E-state index in [9.17, 15) is 9.59 Å². The van der Waals surface area contributed by atoms with E-state index < -0.39 is 11.9 Å². The Hall–Kier alpha value is -1.88. The van der Waals surface area contributed by atoms with Gasteiger partial charge in [0.25, 0.3) is 0 Å². The number of benzene rings is 1. The van der Waals surface area contributed by atoms with Crippen molar-refractivity contribution >= 4 is 11.9 Å². The van der Waals surface area contributed by atoms with Crippen molar-refractivity contribution in [2.24, 2.45) is 0 Å². The van der Waals surface area contributed by atoms with Crippen molar-refractivity contribution < 1.29 is 24.2 Å². The molecule has 16 heavy (non-hydrogen) atoms. The SMILES string of the molecule is CC(=O)Oc1ccc(C(=O)OCCO)cc1. The number of hydrogen-bond acceptors (Lipinski definition) is 5. The van der Waals surface area contributed by atoms with Crippen LogP contribution in [-0.2, 0) is 9.53 Å². The quantitative estimate of drug-likeness (QED) is 0.603. The van der Waals surface area contributed by atoms with Crippen LogP contribution in [0.4, 0.5) is 0 Å². The normalized spacial score (nSPS) is 9.62. The van der Waals surface area contributed by atoms with Gasteiger partial charge in [0.1, 0.15) is 12.4 Å². The molecule has 0 bridgehead atoms. The van der Waals surface area contributed by atoms with E-state index in [-0.39, 0.29) is 13.2 Å². The standard InChI is InChI=1S/C11H12O5/c1-8(13)16-10-4-2-9(3-5-10)11(14)15-7-6-12/h2-5,12H,6-7H2,1H3. The molecule has 86 valence electrons. The van der Waals surface area contributed by atoms with Crippen LogP contribution in [0.25, 0.3) is 0 Å². The first-order valence-electron chi connectivity index (χ1n) is 4.70. The third-order valence-electron chi connectivity index (χ3n) is 1.68. The number of carbonyl (C=O) groups excluding carboxylic acids is 2. The maximum Gasteiger partial charge on any atom is 0.338 e. The molecule has 1 rings (SSSR count). The molecule has 0 fully saturated rings. The Kier molecular flexibility index (Phi) is 4.47. The molecule has 1 aromatic rings. The summed E-state index contributed by atoms with van der Waals surface area (Å²) < 4.78 is 9.50. The lowest BCUT2D eigenvalue weighted by Crippen LogP contribution is -2.08. The van der Waals surface area contributed by atoms with E-state index in [4.69, 9.17) is 14.6 Å². The van der Waals surface area contributed by atoms with Crippen LogP contribution >= 0.6 is 0 Å². The van der Waals surface area contributed by atoms with Crippen LogP contribution in [0.15, 0.2) is 24.3 Å². The fourth-order valence-electron chi connectivity index (χ4n) is 1.05. The van der Waals surface area contributed by atoms with E-state index in [1.807, 2.05) is 0 Å². The number of aliphatic hydroxyl groups is 1. The third-order valence-corrected chi connectivity index (χ3v) is 1.68. The highest BCUT2D eigenvalue weighted by Gasteiger charge is 2.07. The lowest BCUT2D eigenvalue weighted by atomic mass is 10.2. The van der Waals surface area contributed by atoms with Crippen molar-refractivity contribution in [2.75, 3.05) is 13.2 Å². The summed E-state index contributed by atoms with van der Waals surface area (Å²) in [5, 5.41) is 8.47. The monoisotopic (exact) mass is 224 g/mol. The van der Waals surface area contributed by atoms with Gasteiger partial charge in [0.2, 0.25) is 0 Å². The van der Waals surface area contributed by atoms with Crippen molar-refractivity contribution in [3.63, 3.8) is 0 Å². The molecular formula is C11H12O5. The minimum atomic E-state index is -0.525. The van der Waals surface area contributed by atoms with Crippen molar-refractivity contribution in [2.45, 2.75) is 6.92 Å². The minimum absolute atomic E-state index is 0.0372. The summed E-state index contributed by atoms with van der Waals surface area (Å²) in [7, 11) is 0. The molecule has 0 aromatic heterocycles. The summed E-state index contributed by atoms with van der Waals surface area (Å²) in [6.45, 7) is 1.05. The Balaban J connectivity index is 2.63. The molecule has 1 N–H and O–H groups in total. The molecule has 0 heterocycles. The van der Waals surface area contributed by atoms with Gasteiger partial charge < -0.3 is 14.6 Å². The molecule has 0 saturated carbocycles. The van der Waals surface area contributed by atoms with Gasteiger partial charge in [-0.15, -0.1) is 0 Å². The molecule has 0 aliphatic rings. The molecular weight excluding hydrogens is 212 g/mol. The predicted molar refractivity (Wildman–Crippen MR) is 55.1 cm³/mol. The largest absolute Gasteiger partial charge is 0.460 e. The number of carbonyl (C=O) groups is 2. The molecule has 0 radical (unpaired) electrons. The fourth-order valence-corrected chi connectivity index (χ4v) is 1.05. The topological polar surface area (TPSA) is 72.8 Å². The minimum Gasteiger partial charge on any atom is -0.460 e. The first kappa shape index (κ1) is 12.2. The van der Waals surface area contributed by atoms with E-state index in [2.05, 4.69) is 0 Å². The fraction of sp³-hybridized carbons (Fsp3) is 0.273. The summed E-state index contributed by atoms with van der Waals surface area (Å²) in [6, 6.07) is 5.96. The van der Waals surface area contributed by atoms with Gasteiger partial charge in [0.05, 0.1) is 12.2 Å². The van der Waals surface area contributed by atoms with Crippen molar-refractivity contribution in [1.82, 2.24) is 0 Å². The van der Waals surface area contributed by atoms with Crippen molar-refractivity contribution in [1.29, 1.82) is 0 Å². The zero-order chi connectivity index (χ0) is 12.0. The Morgan fingerprint density at radius 1 is 1.25 bits per heavy atom. The Labute approximate surface area is 92.6 Å². The lowest BCUT2D eigenvalue weighted by Gasteiger charge is -2.04. The number of hydrogen-bond donors (Lipinski definition) is 1. The molecule has 5 heteroatoms. The second kappa shape index (κ2) is 5.87. The van der Waals surface area contributed by atoms with E-state index in [1.54, 1.807) is 0 Å². The average Bonchev–Trinajstić information content (AvgIpc) is 2.26. The third kappa shape index (κ3) is 3.70. The van der Waals surface area contributed by atoms with Gasteiger partial charge in [-0.1, -0.05) is 0 Å². The maximum atomic E-state index is 11.3. The molecule has 5 nitrogen and oxygen atoms in total. The zero-order valence-corrected chi connectivity index (χ0v) is 8.80. The molecule has 0 aliphatic heterocycles. The number of esters is 2. The van der Waals surface area contributed by atoms with Crippen molar-refractivity contribution in [3.8, 4) is 5.75 Å². The van der Waals surface area contributed by atoms with Gasteiger partial charge in [-0.2, -0.15) is 0 Å². The Bertz CT molecular complexity index is 368. The van der Waals surface area contributed by atoms with Gasteiger partial charge in [-0.3, -0.25) is 4.79 Å². The summed E-state index contributed by atoms with van der Waals surface area (Å²) in [5.74, 6) is -0.578. The smallest absolute Gasteiger partial charge is 0.338 e. The number of aliphatic hydroxyl groups excluding tert-OH is 1. The van der Waals surface area contributed by atoms with E-state index >= 15 is 0 Å². The van der Waals surface area contributed by atoms with Crippen LogP contribution < -0.4 is 4.74 Å². The summed E-state index contributed by atoms with van der Waals surface area (Å²) >= 11 is 0. The summed E-state index contributed by atoms with van der Waals surface area (Å²) in [4.78, 5) is 21.9. The molecule has 0 saturated heterocycles. The molecule has 0 spiro atoms. The first-order valence-corrected chi connectivity index (χ1v) is 4.70. The molecule has 1 aromatic carbocycles. The van der Waals surface area contributed by atoms with Gasteiger partial charge in [-0.05, 0) is 24.3 Å². The van der Waals surface area contributed by atoms with Crippen LogP contribution in [0.1, 0.15) is 17.3 Å². The molecule has 0 unspecified atom stereocenters. The van der Waals surface area contributed by atoms with Gasteiger partial charge >= 0.3 is 11.9 Å². The highest BCUT2D eigenvalue weighted by Crippen LogP contribution is 2.12. The average molecular weight is 224 g/mol. The van der Waals surface area contributed by atoms with Gasteiger partial charge in [0.15, 0.2) is 0 Å². The lowest BCUT2D eigenvalue weighted by molar-refractivity contribution is -0.131. The number of ether oxygens (including phenoxy) is 2. The molecule has 0 aliphatic carbocycles. The van der Waals surface area contributed by atoms with Gasteiger partial charge in [0, 0.05) is 6.92 Å². The van der Waals surface area contributed by atoms with Crippen LogP contribution in [0.3, 0.4) is 0 Å². The highest BCUT2D eigenvalue weighted by atomic mass is 16.5. The van der Waals surface area contributed by atoms with Crippen LogP contribution in [0.5, 0.6) is 5.75 Å². The van der Waals surface area contributed by atoms with E-state index in [0.717, 1.165) is 0 Å². The second-order valence-corrected chi connectivity index (χ2v) is 2.98. The predicted octanol–water partition coefficient (Wildman–Crippen LogP) is 0.761.